The lowest BCUT2D eigenvalue weighted by Gasteiger charge is -2.24. The number of nitrogens with zero attached hydrogens (tertiary/aromatic N) is 2. The van der Waals surface area contributed by atoms with Crippen LogP contribution in [0.15, 0.2) is 34.9 Å². The van der Waals surface area contributed by atoms with E-state index in [4.69, 9.17) is 9.26 Å². The molecule has 150 valence electrons. The SMILES string of the molecule is Cc1cc(C(=O)N(CCC(=O)NCc2ccccc2F)C[C@H]2CCCO2)no1. The zero-order valence-corrected chi connectivity index (χ0v) is 15.8. The van der Waals surface area contributed by atoms with Gasteiger partial charge in [0.15, 0.2) is 5.69 Å². The first-order chi connectivity index (χ1) is 13.5. The Kier molecular flexibility index (Phi) is 6.76. The van der Waals surface area contributed by atoms with E-state index in [2.05, 4.69) is 10.5 Å². The summed E-state index contributed by atoms with van der Waals surface area (Å²) in [6, 6.07) is 7.86. The molecule has 0 bridgehead atoms. The fraction of sp³-hybridized carbons (Fsp3) is 0.450. The maximum Gasteiger partial charge on any atom is 0.276 e. The molecule has 1 aliphatic heterocycles. The summed E-state index contributed by atoms with van der Waals surface area (Å²) in [7, 11) is 0. The maximum absolute atomic E-state index is 13.6. The molecule has 1 N–H and O–H groups in total. The second-order valence-corrected chi connectivity index (χ2v) is 6.83. The minimum absolute atomic E-state index is 0.0431. The fourth-order valence-electron chi connectivity index (χ4n) is 3.10. The van der Waals surface area contributed by atoms with E-state index in [1.54, 1.807) is 36.1 Å². The number of carbonyl (C=O) groups is 2. The Morgan fingerprint density at radius 2 is 2.18 bits per heavy atom. The lowest BCUT2D eigenvalue weighted by atomic mass is 10.2. The third kappa shape index (κ3) is 5.39. The van der Waals surface area contributed by atoms with E-state index >= 15 is 0 Å². The van der Waals surface area contributed by atoms with Crippen LogP contribution in [0.2, 0.25) is 0 Å². The molecule has 8 heteroatoms. The number of aryl methyl sites for hydroxylation is 1. The number of nitrogens with one attached hydrogen (secondary N) is 1. The summed E-state index contributed by atoms with van der Waals surface area (Å²) >= 11 is 0. The molecule has 3 rings (SSSR count). The van der Waals surface area contributed by atoms with E-state index < -0.39 is 0 Å². The van der Waals surface area contributed by atoms with Gasteiger partial charge in [0, 0.05) is 44.3 Å². The molecule has 0 aliphatic carbocycles. The highest BCUT2D eigenvalue weighted by atomic mass is 19.1. The number of rotatable bonds is 8. The molecule has 1 aromatic heterocycles. The monoisotopic (exact) mass is 389 g/mol. The van der Waals surface area contributed by atoms with Gasteiger partial charge in [0.05, 0.1) is 6.10 Å². The van der Waals surface area contributed by atoms with Crippen molar-refractivity contribution < 1.29 is 23.2 Å². The number of hydrogen-bond acceptors (Lipinski definition) is 5. The van der Waals surface area contributed by atoms with Crippen LogP contribution in [-0.4, -0.2) is 47.7 Å². The van der Waals surface area contributed by atoms with Gasteiger partial charge in [-0.15, -0.1) is 0 Å². The first-order valence-corrected chi connectivity index (χ1v) is 9.37. The van der Waals surface area contributed by atoms with Crippen LogP contribution in [0, 0.1) is 12.7 Å². The highest BCUT2D eigenvalue weighted by Crippen LogP contribution is 2.16. The van der Waals surface area contributed by atoms with Crippen LogP contribution in [0.25, 0.3) is 0 Å². The molecule has 7 nitrogen and oxygen atoms in total. The molecule has 2 amide bonds. The lowest BCUT2D eigenvalue weighted by molar-refractivity contribution is -0.121. The van der Waals surface area contributed by atoms with Gasteiger partial charge in [-0.1, -0.05) is 23.4 Å². The second kappa shape index (κ2) is 9.45. The molecular weight excluding hydrogens is 365 g/mol. The minimum atomic E-state index is -0.362. The third-order valence-electron chi connectivity index (χ3n) is 4.62. The van der Waals surface area contributed by atoms with Gasteiger partial charge < -0.3 is 19.5 Å². The lowest BCUT2D eigenvalue weighted by Crippen LogP contribution is -2.40. The highest BCUT2D eigenvalue weighted by Gasteiger charge is 2.25. The normalized spacial score (nSPS) is 16.1. The first-order valence-electron chi connectivity index (χ1n) is 9.37. The summed E-state index contributed by atoms with van der Waals surface area (Å²) < 4.78 is 24.2. The predicted octanol–water partition coefficient (Wildman–Crippen LogP) is 2.45. The maximum atomic E-state index is 13.6. The highest BCUT2D eigenvalue weighted by molar-refractivity contribution is 5.92. The van der Waals surface area contributed by atoms with E-state index in [0.717, 1.165) is 12.8 Å². The van der Waals surface area contributed by atoms with Gasteiger partial charge in [-0.3, -0.25) is 9.59 Å². The molecule has 0 radical (unpaired) electrons. The van der Waals surface area contributed by atoms with Crippen LogP contribution in [0.4, 0.5) is 4.39 Å². The molecule has 2 aromatic rings. The summed E-state index contributed by atoms with van der Waals surface area (Å²) in [6.45, 7) is 3.11. The van der Waals surface area contributed by atoms with Crippen molar-refractivity contribution >= 4 is 11.8 Å². The Morgan fingerprint density at radius 1 is 1.36 bits per heavy atom. The Balaban J connectivity index is 1.56. The van der Waals surface area contributed by atoms with Crippen molar-refractivity contribution in [2.24, 2.45) is 0 Å². The van der Waals surface area contributed by atoms with E-state index in [1.165, 1.54) is 6.07 Å². The van der Waals surface area contributed by atoms with Gasteiger partial charge in [-0.05, 0) is 25.8 Å². The standard InChI is InChI=1S/C20H24FN3O4/c1-14-11-18(23-28-14)20(26)24(13-16-6-4-10-27-16)9-8-19(25)22-12-15-5-2-3-7-17(15)21/h2-3,5,7,11,16H,4,6,8-10,12-13H2,1H3,(H,22,25)/t16-/m1/s1. The summed E-state index contributed by atoms with van der Waals surface area (Å²) in [5, 5.41) is 6.46. The van der Waals surface area contributed by atoms with Gasteiger partial charge in [0.2, 0.25) is 5.91 Å². The Bertz CT molecular complexity index is 817. The van der Waals surface area contributed by atoms with Crippen molar-refractivity contribution in [2.75, 3.05) is 19.7 Å². The van der Waals surface area contributed by atoms with Crippen LogP contribution in [0.3, 0.4) is 0 Å². The smallest absolute Gasteiger partial charge is 0.276 e. The molecular formula is C20H24FN3O4. The van der Waals surface area contributed by atoms with Crippen molar-refractivity contribution in [3.05, 3.63) is 53.2 Å². The molecule has 1 aromatic carbocycles. The zero-order valence-electron chi connectivity index (χ0n) is 15.8. The summed E-state index contributed by atoms with van der Waals surface area (Å²) in [4.78, 5) is 26.5. The Labute approximate surface area is 162 Å². The molecule has 1 fully saturated rings. The topological polar surface area (TPSA) is 84.7 Å². The first kappa shape index (κ1) is 20.0. The zero-order chi connectivity index (χ0) is 19.9. The van der Waals surface area contributed by atoms with Crippen LogP contribution >= 0.6 is 0 Å². The predicted molar refractivity (Wildman–Crippen MR) is 99.0 cm³/mol. The molecule has 1 saturated heterocycles. The second-order valence-electron chi connectivity index (χ2n) is 6.83. The van der Waals surface area contributed by atoms with Crippen LogP contribution in [0.5, 0.6) is 0 Å². The Morgan fingerprint density at radius 3 is 2.86 bits per heavy atom. The van der Waals surface area contributed by atoms with Gasteiger partial charge >= 0.3 is 0 Å². The molecule has 1 atom stereocenters. The number of benzene rings is 1. The van der Waals surface area contributed by atoms with Gasteiger partial charge in [-0.25, -0.2) is 4.39 Å². The summed E-state index contributed by atoms with van der Waals surface area (Å²) in [6.07, 6.45) is 1.89. The van der Waals surface area contributed by atoms with E-state index in [-0.39, 0.29) is 48.9 Å². The van der Waals surface area contributed by atoms with Crippen molar-refractivity contribution in [1.29, 1.82) is 0 Å². The number of halogens is 1. The molecule has 0 saturated carbocycles. The van der Waals surface area contributed by atoms with Crippen LogP contribution in [0.1, 0.15) is 41.1 Å². The van der Waals surface area contributed by atoms with Gasteiger partial charge in [0.1, 0.15) is 11.6 Å². The van der Waals surface area contributed by atoms with Crippen molar-refractivity contribution in [1.82, 2.24) is 15.4 Å². The molecule has 2 heterocycles. The van der Waals surface area contributed by atoms with Crippen LogP contribution in [-0.2, 0) is 16.1 Å². The van der Waals surface area contributed by atoms with Gasteiger partial charge in [0.25, 0.3) is 5.91 Å². The average Bonchev–Trinajstić information content (AvgIpc) is 3.35. The van der Waals surface area contributed by atoms with E-state index in [0.29, 0.717) is 24.5 Å². The molecule has 28 heavy (non-hydrogen) atoms. The van der Waals surface area contributed by atoms with E-state index in [9.17, 15) is 14.0 Å². The molecule has 0 spiro atoms. The molecule has 0 unspecified atom stereocenters. The van der Waals surface area contributed by atoms with E-state index in [1.807, 2.05) is 0 Å². The quantitative estimate of drug-likeness (QED) is 0.750. The summed E-state index contributed by atoms with van der Waals surface area (Å²) in [5.41, 5.74) is 0.628. The largest absolute Gasteiger partial charge is 0.376 e. The van der Waals surface area contributed by atoms with Crippen LogP contribution < -0.4 is 5.32 Å². The van der Waals surface area contributed by atoms with Crippen molar-refractivity contribution in [2.45, 2.75) is 38.8 Å². The number of hydrogen-bond donors (Lipinski definition) is 1. The number of ether oxygens (including phenoxy) is 1. The number of aromatic nitrogens is 1. The average molecular weight is 389 g/mol. The van der Waals surface area contributed by atoms with Gasteiger partial charge in [-0.2, -0.15) is 0 Å². The van der Waals surface area contributed by atoms with Crippen molar-refractivity contribution in [3.8, 4) is 0 Å². The fourth-order valence-corrected chi connectivity index (χ4v) is 3.10. The number of amides is 2. The minimum Gasteiger partial charge on any atom is -0.376 e. The molecule has 1 aliphatic rings. The number of carbonyl (C=O) groups excluding carboxylic acids is 2. The Hall–Kier alpha value is -2.74. The third-order valence-corrected chi connectivity index (χ3v) is 4.62. The van der Waals surface area contributed by atoms with Crippen molar-refractivity contribution in [3.63, 3.8) is 0 Å². The summed E-state index contributed by atoms with van der Waals surface area (Å²) in [5.74, 6) is -0.374.